The number of thiophene rings is 1. The number of rotatable bonds is 6. The lowest BCUT2D eigenvalue weighted by atomic mass is 9.54. The van der Waals surface area contributed by atoms with Crippen molar-refractivity contribution >= 4 is 17.2 Å². The Hall–Kier alpha value is -0.910. The lowest BCUT2D eigenvalue weighted by molar-refractivity contribution is -0.180. The van der Waals surface area contributed by atoms with Gasteiger partial charge in [0, 0.05) is 23.3 Å². The maximum atomic E-state index is 12.2. The molecule has 5 heteroatoms. The summed E-state index contributed by atoms with van der Waals surface area (Å²) >= 11 is 1.57. The smallest absolute Gasteiger partial charge is 0.225 e. The summed E-state index contributed by atoms with van der Waals surface area (Å²) in [5.74, 6) is -0.0375. The number of amides is 1. The van der Waals surface area contributed by atoms with Gasteiger partial charge in [0.1, 0.15) is 0 Å². The summed E-state index contributed by atoms with van der Waals surface area (Å²) in [5, 5.41) is 14.8. The summed E-state index contributed by atoms with van der Waals surface area (Å²) < 4.78 is 5.68. The van der Waals surface area contributed by atoms with Crippen LogP contribution in [0.4, 0.5) is 0 Å². The maximum Gasteiger partial charge on any atom is 0.225 e. The van der Waals surface area contributed by atoms with Crippen molar-refractivity contribution in [1.29, 1.82) is 0 Å². The highest BCUT2D eigenvalue weighted by Crippen LogP contribution is 2.51. The maximum absolute atomic E-state index is 12.2. The Morgan fingerprint density at radius 1 is 1.60 bits per heavy atom. The van der Waals surface area contributed by atoms with Gasteiger partial charge in [-0.3, -0.25) is 4.79 Å². The lowest BCUT2D eigenvalue weighted by Gasteiger charge is -2.60. The highest BCUT2D eigenvalue weighted by molar-refractivity contribution is 7.10. The normalized spacial score (nSPS) is 27.9. The molecule has 1 heterocycles. The number of hydrogen-bond acceptors (Lipinski definition) is 4. The van der Waals surface area contributed by atoms with Gasteiger partial charge in [0.2, 0.25) is 5.91 Å². The number of carbonyl (C=O) groups excluding carboxylic acids is 1. The van der Waals surface area contributed by atoms with Gasteiger partial charge >= 0.3 is 0 Å². The van der Waals surface area contributed by atoms with Crippen molar-refractivity contribution in [2.24, 2.45) is 5.41 Å². The molecular formula is C15H23NO3S. The zero-order chi connectivity index (χ0) is 14.8. The zero-order valence-electron chi connectivity index (χ0n) is 12.3. The Kier molecular flexibility index (Phi) is 4.52. The fourth-order valence-corrected chi connectivity index (χ4v) is 3.59. The van der Waals surface area contributed by atoms with E-state index in [2.05, 4.69) is 5.32 Å². The van der Waals surface area contributed by atoms with Crippen molar-refractivity contribution in [3.8, 4) is 0 Å². The highest BCUT2D eigenvalue weighted by Gasteiger charge is 2.61. The zero-order valence-corrected chi connectivity index (χ0v) is 13.1. The lowest BCUT2D eigenvalue weighted by Crippen LogP contribution is -2.74. The Labute approximate surface area is 124 Å². The number of carbonyl (C=O) groups is 1. The molecule has 1 aromatic rings. The monoisotopic (exact) mass is 297 g/mol. The minimum absolute atomic E-state index is 0.0375. The molecule has 0 unspecified atom stereocenters. The van der Waals surface area contributed by atoms with Crippen LogP contribution in [0.5, 0.6) is 0 Å². The topological polar surface area (TPSA) is 58.6 Å². The molecule has 0 aromatic carbocycles. The molecule has 0 saturated heterocycles. The minimum Gasteiger partial charge on any atom is -0.394 e. The third-order valence-corrected chi connectivity index (χ3v) is 5.38. The Balaban J connectivity index is 2.00. The predicted molar refractivity (Wildman–Crippen MR) is 79.8 cm³/mol. The Morgan fingerprint density at radius 3 is 2.85 bits per heavy atom. The van der Waals surface area contributed by atoms with Crippen LogP contribution >= 0.6 is 11.3 Å². The molecular weight excluding hydrogens is 274 g/mol. The summed E-state index contributed by atoms with van der Waals surface area (Å²) in [5.41, 5.74) is -0.829. The van der Waals surface area contributed by atoms with Gasteiger partial charge in [-0.1, -0.05) is 19.9 Å². The Bertz CT molecular complexity index is 458. The van der Waals surface area contributed by atoms with Crippen molar-refractivity contribution in [3.63, 3.8) is 0 Å². The molecule has 20 heavy (non-hydrogen) atoms. The molecule has 2 N–H and O–H groups in total. The minimum atomic E-state index is -0.568. The first-order valence-electron chi connectivity index (χ1n) is 7.01. The van der Waals surface area contributed by atoms with Gasteiger partial charge in [0.15, 0.2) is 0 Å². The molecule has 0 aliphatic heterocycles. The second kappa shape index (κ2) is 5.84. The molecule has 0 bridgehead atoms. The van der Waals surface area contributed by atoms with Gasteiger partial charge in [0.25, 0.3) is 0 Å². The summed E-state index contributed by atoms with van der Waals surface area (Å²) in [7, 11) is 0. The second-order valence-electron chi connectivity index (χ2n) is 5.91. The van der Waals surface area contributed by atoms with Crippen LogP contribution in [-0.2, 0) is 16.0 Å². The fraction of sp³-hybridized carbons (Fsp3) is 0.667. The van der Waals surface area contributed by atoms with Crippen molar-refractivity contribution < 1.29 is 14.6 Å². The molecule has 2 atom stereocenters. The largest absolute Gasteiger partial charge is 0.394 e. The molecule has 1 amide bonds. The first-order chi connectivity index (χ1) is 9.45. The van der Waals surface area contributed by atoms with Gasteiger partial charge in [-0.25, -0.2) is 0 Å². The van der Waals surface area contributed by atoms with Gasteiger partial charge in [-0.15, -0.1) is 11.3 Å². The number of aliphatic hydroxyl groups excluding tert-OH is 1. The second-order valence-corrected chi connectivity index (χ2v) is 6.95. The average molecular weight is 297 g/mol. The van der Waals surface area contributed by atoms with E-state index in [0.717, 1.165) is 4.88 Å². The number of ether oxygens (including phenoxy) is 1. The molecule has 0 spiro atoms. The van der Waals surface area contributed by atoms with E-state index < -0.39 is 5.54 Å². The molecule has 2 rings (SSSR count). The third-order valence-electron chi connectivity index (χ3n) is 4.50. The molecule has 1 saturated carbocycles. The molecule has 112 valence electrons. The van der Waals surface area contributed by atoms with Gasteiger partial charge in [-0.05, 0) is 18.4 Å². The van der Waals surface area contributed by atoms with Crippen LogP contribution in [0.15, 0.2) is 17.5 Å². The molecule has 1 aliphatic rings. The fourth-order valence-electron chi connectivity index (χ4n) is 2.88. The molecule has 1 fully saturated rings. The van der Waals surface area contributed by atoms with E-state index in [4.69, 9.17) is 4.74 Å². The van der Waals surface area contributed by atoms with E-state index in [0.29, 0.717) is 19.4 Å². The van der Waals surface area contributed by atoms with Crippen LogP contribution in [0.2, 0.25) is 0 Å². The van der Waals surface area contributed by atoms with Crippen LogP contribution in [0, 0.1) is 5.41 Å². The first-order valence-corrected chi connectivity index (χ1v) is 7.89. The first kappa shape index (κ1) is 15.5. The van der Waals surface area contributed by atoms with Crippen LogP contribution in [-0.4, -0.2) is 35.9 Å². The SMILES string of the molecule is CCO[C@@H]1C[C@@](CO)(NC(=O)Cc2cccs2)C1(C)C. The van der Waals surface area contributed by atoms with E-state index in [1.807, 2.05) is 38.3 Å². The van der Waals surface area contributed by atoms with Crippen molar-refractivity contribution in [2.45, 2.75) is 45.3 Å². The Morgan fingerprint density at radius 2 is 2.35 bits per heavy atom. The van der Waals surface area contributed by atoms with Crippen LogP contribution < -0.4 is 5.32 Å². The molecule has 0 radical (unpaired) electrons. The van der Waals surface area contributed by atoms with E-state index in [-0.39, 0.29) is 24.0 Å². The molecule has 1 aliphatic carbocycles. The van der Waals surface area contributed by atoms with Gasteiger partial charge < -0.3 is 15.2 Å². The van der Waals surface area contributed by atoms with E-state index in [1.165, 1.54) is 0 Å². The van der Waals surface area contributed by atoms with Crippen LogP contribution in [0.3, 0.4) is 0 Å². The van der Waals surface area contributed by atoms with Crippen LogP contribution in [0.25, 0.3) is 0 Å². The highest BCUT2D eigenvalue weighted by atomic mass is 32.1. The third kappa shape index (κ3) is 2.62. The number of nitrogens with one attached hydrogen (secondary N) is 1. The predicted octanol–water partition coefficient (Wildman–Crippen LogP) is 1.97. The quantitative estimate of drug-likeness (QED) is 0.844. The summed E-state index contributed by atoms with van der Waals surface area (Å²) in [4.78, 5) is 13.2. The van der Waals surface area contributed by atoms with E-state index in [1.54, 1.807) is 11.3 Å². The molecule has 4 nitrogen and oxygen atoms in total. The summed E-state index contributed by atoms with van der Waals surface area (Å²) in [6, 6.07) is 3.89. The van der Waals surface area contributed by atoms with Gasteiger partial charge in [-0.2, -0.15) is 0 Å². The number of aliphatic hydroxyl groups is 1. The van der Waals surface area contributed by atoms with Crippen LogP contribution in [0.1, 0.15) is 32.1 Å². The van der Waals surface area contributed by atoms with Gasteiger partial charge in [0.05, 0.1) is 24.7 Å². The average Bonchev–Trinajstić information content (AvgIpc) is 2.89. The standard InChI is InChI=1S/C15H23NO3S/c1-4-19-12-9-15(10-17,14(12,2)3)16-13(18)8-11-6-5-7-20-11/h5-7,12,17H,4,8-10H2,1-3H3,(H,16,18)/t12-,15+/m1/s1. The van der Waals surface area contributed by atoms with E-state index in [9.17, 15) is 9.90 Å². The molecule has 1 aromatic heterocycles. The number of hydrogen-bond donors (Lipinski definition) is 2. The van der Waals surface area contributed by atoms with Crippen molar-refractivity contribution in [3.05, 3.63) is 22.4 Å². The van der Waals surface area contributed by atoms with Crippen molar-refractivity contribution in [1.82, 2.24) is 5.32 Å². The summed E-state index contributed by atoms with van der Waals surface area (Å²) in [6.07, 6.45) is 1.12. The summed E-state index contributed by atoms with van der Waals surface area (Å²) in [6.45, 7) is 6.64. The van der Waals surface area contributed by atoms with Crippen molar-refractivity contribution in [2.75, 3.05) is 13.2 Å². The van der Waals surface area contributed by atoms with E-state index >= 15 is 0 Å².